The number of ketones is 1. The molecule has 6 heteroatoms. The number of likely N-dealkylation sites (tertiary alicyclic amines) is 1. The summed E-state index contributed by atoms with van der Waals surface area (Å²) in [5, 5.41) is 10.3. The fourth-order valence-electron chi connectivity index (χ4n) is 3.34. The highest BCUT2D eigenvalue weighted by molar-refractivity contribution is 7.80. The maximum atomic E-state index is 12.9. The van der Waals surface area contributed by atoms with Gasteiger partial charge in [-0.3, -0.25) is 9.69 Å². The number of benzene rings is 2. The molecular weight excluding hydrogens is 346 g/mol. The zero-order valence-corrected chi connectivity index (χ0v) is 15.6. The van der Waals surface area contributed by atoms with E-state index in [1.807, 2.05) is 18.2 Å². The Morgan fingerprint density at radius 1 is 1.19 bits per heavy atom. The zero-order chi connectivity index (χ0) is 18.7. The lowest BCUT2D eigenvalue weighted by atomic mass is 9.89. The van der Waals surface area contributed by atoms with Crippen LogP contribution in [0.1, 0.15) is 23.2 Å². The molecule has 0 bridgehead atoms. The number of carbonyl (C=O) groups excluding carboxylic acids is 1. The minimum absolute atomic E-state index is 0.0462. The van der Waals surface area contributed by atoms with Gasteiger partial charge in [-0.15, -0.1) is 0 Å². The molecule has 5 nitrogen and oxygen atoms in total. The predicted molar refractivity (Wildman–Crippen MR) is 108 cm³/mol. The number of Topliss-reactive ketones (excluding diaryl/α,β-unsaturated/α-hetero) is 1. The average Bonchev–Trinajstić information content (AvgIpc) is 2.64. The van der Waals surface area contributed by atoms with Crippen molar-refractivity contribution in [1.29, 1.82) is 0 Å². The molecule has 136 valence electrons. The van der Waals surface area contributed by atoms with E-state index >= 15 is 0 Å². The van der Waals surface area contributed by atoms with Gasteiger partial charge in [-0.05, 0) is 69.5 Å². The SMILES string of the molecule is CN1CCC(C(=O)c2cccc(N(C(N)=S)c3ccccc3O)c2)CC1. The summed E-state index contributed by atoms with van der Waals surface area (Å²) in [6, 6.07) is 14.1. The van der Waals surface area contributed by atoms with Crippen molar-refractivity contribution < 1.29 is 9.90 Å². The number of phenols is 1. The molecule has 1 fully saturated rings. The van der Waals surface area contributed by atoms with Crippen LogP contribution in [0.5, 0.6) is 5.75 Å². The zero-order valence-electron chi connectivity index (χ0n) is 14.8. The van der Waals surface area contributed by atoms with Crippen LogP contribution in [0, 0.1) is 5.92 Å². The highest BCUT2D eigenvalue weighted by atomic mass is 32.1. The highest BCUT2D eigenvalue weighted by Gasteiger charge is 2.25. The number of rotatable bonds is 4. The number of phenolic OH excluding ortho intramolecular Hbond substituents is 1. The first kappa shape index (κ1) is 18.4. The molecule has 0 saturated carbocycles. The summed E-state index contributed by atoms with van der Waals surface area (Å²) >= 11 is 5.19. The molecule has 0 atom stereocenters. The molecule has 0 aromatic heterocycles. The van der Waals surface area contributed by atoms with E-state index in [2.05, 4.69) is 11.9 Å². The molecule has 0 spiro atoms. The Hall–Kier alpha value is -2.44. The van der Waals surface area contributed by atoms with Crippen LogP contribution < -0.4 is 10.6 Å². The molecule has 0 amide bonds. The molecule has 1 saturated heterocycles. The molecule has 1 heterocycles. The maximum Gasteiger partial charge on any atom is 0.175 e. The van der Waals surface area contributed by atoms with E-state index in [1.165, 1.54) is 0 Å². The quantitative estimate of drug-likeness (QED) is 0.637. The molecule has 0 unspecified atom stereocenters. The van der Waals surface area contributed by atoms with Crippen molar-refractivity contribution in [3.63, 3.8) is 0 Å². The molecule has 1 aliphatic rings. The number of aromatic hydroxyl groups is 1. The second-order valence-corrected chi connectivity index (χ2v) is 7.07. The van der Waals surface area contributed by atoms with E-state index in [0.29, 0.717) is 16.9 Å². The lowest BCUT2D eigenvalue weighted by Crippen LogP contribution is -2.34. The van der Waals surface area contributed by atoms with Crippen LogP contribution in [-0.4, -0.2) is 41.0 Å². The number of carbonyl (C=O) groups is 1. The Labute approximate surface area is 159 Å². The van der Waals surface area contributed by atoms with Crippen molar-refractivity contribution in [3.8, 4) is 5.75 Å². The van der Waals surface area contributed by atoms with Crippen LogP contribution in [0.25, 0.3) is 0 Å². The van der Waals surface area contributed by atoms with Crippen LogP contribution >= 0.6 is 12.2 Å². The summed E-state index contributed by atoms with van der Waals surface area (Å²) in [6.45, 7) is 1.87. The maximum absolute atomic E-state index is 12.9. The Bertz CT molecular complexity index is 816. The topological polar surface area (TPSA) is 69.8 Å². The number of para-hydroxylation sites is 2. The van der Waals surface area contributed by atoms with E-state index in [0.717, 1.165) is 25.9 Å². The van der Waals surface area contributed by atoms with Crippen molar-refractivity contribution in [2.75, 3.05) is 25.0 Å². The van der Waals surface area contributed by atoms with Gasteiger partial charge in [-0.25, -0.2) is 0 Å². The Balaban J connectivity index is 1.91. The monoisotopic (exact) mass is 369 g/mol. The van der Waals surface area contributed by atoms with Gasteiger partial charge in [-0.2, -0.15) is 0 Å². The Kier molecular flexibility index (Phi) is 5.54. The molecule has 26 heavy (non-hydrogen) atoms. The molecule has 0 radical (unpaired) electrons. The first-order valence-electron chi connectivity index (χ1n) is 8.67. The summed E-state index contributed by atoms with van der Waals surface area (Å²) in [7, 11) is 2.08. The summed E-state index contributed by atoms with van der Waals surface area (Å²) in [5.74, 6) is 0.275. The van der Waals surface area contributed by atoms with E-state index in [9.17, 15) is 9.90 Å². The van der Waals surface area contributed by atoms with Gasteiger partial charge in [0.2, 0.25) is 0 Å². The van der Waals surface area contributed by atoms with Crippen molar-refractivity contribution >= 4 is 34.5 Å². The summed E-state index contributed by atoms with van der Waals surface area (Å²) in [5.41, 5.74) is 7.71. The van der Waals surface area contributed by atoms with Gasteiger partial charge >= 0.3 is 0 Å². The van der Waals surface area contributed by atoms with Gasteiger partial charge < -0.3 is 15.7 Å². The van der Waals surface area contributed by atoms with Crippen molar-refractivity contribution in [2.24, 2.45) is 11.7 Å². The lowest BCUT2D eigenvalue weighted by molar-refractivity contribution is 0.0857. The average molecular weight is 369 g/mol. The van der Waals surface area contributed by atoms with Crippen molar-refractivity contribution in [3.05, 3.63) is 54.1 Å². The van der Waals surface area contributed by atoms with E-state index in [-0.39, 0.29) is 22.6 Å². The summed E-state index contributed by atoms with van der Waals surface area (Å²) < 4.78 is 0. The Morgan fingerprint density at radius 3 is 2.54 bits per heavy atom. The standard InChI is InChI=1S/C20H23N3O2S/c1-22-11-9-14(10-12-22)19(25)15-5-4-6-16(13-15)23(20(21)26)17-7-2-3-8-18(17)24/h2-8,13-14,24H,9-12H2,1H3,(H2,21,26). The molecule has 3 rings (SSSR count). The van der Waals surface area contributed by atoms with Crippen LogP contribution in [0.2, 0.25) is 0 Å². The fraction of sp³-hybridized carbons (Fsp3) is 0.300. The van der Waals surface area contributed by atoms with Gasteiger partial charge in [-0.1, -0.05) is 24.3 Å². The number of anilines is 2. The summed E-state index contributed by atoms with van der Waals surface area (Å²) in [6.07, 6.45) is 1.75. The predicted octanol–water partition coefficient (Wildman–Crippen LogP) is 3.30. The second kappa shape index (κ2) is 7.85. The third-order valence-corrected chi connectivity index (χ3v) is 5.00. The van der Waals surface area contributed by atoms with Gasteiger partial charge in [0.25, 0.3) is 0 Å². The van der Waals surface area contributed by atoms with Gasteiger partial charge in [0.15, 0.2) is 10.9 Å². The number of nitrogens with two attached hydrogens (primary N) is 1. The molecular formula is C20H23N3O2S. The van der Waals surface area contributed by atoms with E-state index < -0.39 is 0 Å². The van der Waals surface area contributed by atoms with Gasteiger partial charge in [0.1, 0.15) is 5.75 Å². The first-order valence-corrected chi connectivity index (χ1v) is 9.08. The number of hydrogen-bond donors (Lipinski definition) is 2. The normalized spacial score (nSPS) is 15.6. The van der Waals surface area contributed by atoms with Crippen LogP contribution in [0.4, 0.5) is 11.4 Å². The molecule has 2 aromatic rings. The van der Waals surface area contributed by atoms with Gasteiger partial charge in [0.05, 0.1) is 5.69 Å². The smallest absolute Gasteiger partial charge is 0.175 e. The van der Waals surface area contributed by atoms with Crippen molar-refractivity contribution in [2.45, 2.75) is 12.8 Å². The van der Waals surface area contributed by atoms with Crippen LogP contribution in [-0.2, 0) is 0 Å². The van der Waals surface area contributed by atoms with Crippen LogP contribution in [0.3, 0.4) is 0 Å². The minimum Gasteiger partial charge on any atom is -0.506 e. The van der Waals surface area contributed by atoms with Crippen molar-refractivity contribution in [1.82, 2.24) is 4.90 Å². The third-order valence-electron chi connectivity index (χ3n) is 4.82. The van der Waals surface area contributed by atoms with Crippen LogP contribution in [0.15, 0.2) is 48.5 Å². The third kappa shape index (κ3) is 3.86. The fourth-order valence-corrected chi connectivity index (χ4v) is 3.55. The van der Waals surface area contributed by atoms with E-state index in [4.69, 9.17) is 18.0 Å². The number of nitrogens with zero attached hydrogens (tertiary/aromatic N) is 2. The first-order chi connectivity index (χ1) is 12.5. The number of piperidine rings is 1. The molecule has 2 aromatic carbocycles. The number of thiocarbonyl (C=S) groups is 1. The van der Waals surface area contributed by atoms with Gasteiger partial charge in [0, 0.05) is 17.2 Å². The molecule has 0 aliphatic carbocycles. The lowest BCUT2D eigenvalue weighted by Gasteiger charge is -2.28. The summed E-state index contributed by atoms with van der Waals surface area (Å²) in [4.78, 5) is 16.7. The minimum atomic E-state index is 0.0462. The second-order valence-electron chi connectivity index (χ2n) is 6.65. The van der Waals surface area contributed by atoms with E-state index in [1.54, 1.807) is 35.2 Å². The largest absolute Gasteiger partial charge is 0.506 e. The molecule has 3 N–H and O–H groups in total. The molecule has 1 aliphatic heterocycles. The highest BCUT2D eigenvalue weighted by Crippen LogP contribution is 2.33. The number of hydrogen-bond acceptors (Lipinski definition) is 4. The Morgan fingerprint density at radius 2 is 1.88 bits per heavy atom.